The molecular formula is C63H92O26. The third kappa shape index (κ3) is 11.8. The minimum atomic E-state index is -1.96. The lowest BCUT2D eigenvalue weighted by Crippen LogP contribution is -2.68. The molecule has 10 rings (SSSR count). The Bertz CT molecular complexity index is 2760. The molecule has 9 aliphatic rings. The molecule has 0 amide bonds. The van der Waals surface area contributed by atoms with Gasteiger partial charge in [-0.15, -0.1) is 0 Å². The Morgan fingerprint density at radius 1 is 0.629 bits per heavy atom. The standard InChI is InChI=1S/C63H92O26/c1-58(2)21-22-63(31(23-58)30-14-15-36-60(5)19-18-38(85-55-48(77)44(73)45(74)50(88-55)52(78)80-8)59(3,4)35(60)17-20-61(36,6)62(30,7)24-37(63)67)57(79)89-56-51(49(32(66)27-81-56)87-54-47(76)43(72)41(70)34(26-65)84-54)86-39(68)16-11-28-9-12-29(13-10-28)82-53-46(75)42(71)40(69)33(25-64)83-53/h9-14,16,31-38,40-51,53-56,64-67,69-77H,15,17-27H2,1-8H3. The first-order valence-corrected chi connectivity index (χ1v) is 31.1. The molecule has 5 aliphatic carbocycles. The minimum absolute atomic E-state index is 0.0665. The summed E-state index contributed by atoms with van der Waals surface area (Å²) in [7, 11) is 1.13. The molecule has 4 saturated heterocycles. The normalized spacial score (nSPS) is 47.7. The van der Waals surface area contributed by atoms with Gasteiger partial charge in [-0.25, -0.2) is 9.59 Å². The number of benzene rings is 1. The van der Waals surface area contributed by atoms with Crippen LogP contribution in [0.5, 0.6) is 5.75 Å². The quantitative estimate of drug-likeness (QED) is 0.0363. The summed E-state index contributed by atoms with van der Waals surface area (Å²) in [6, 6.07) is 5.92. The molecule has 4 saturated carbocycles. The highest BCUT2D eigenvalue weighted by Gasteiger charge is 2.72. The lowest BCUT2D eigenvalue weighted by molar-refractivity contribution is -0.347. The van der Waals surface area contributed by atoms with Crippen molar-refractivity contribution in [1.82, 2.24) is 0 Å². The van der Waals surface area contributed by atoms with Crippen LogP contribution in [0.2, 0.25) is 0 Å². The number of carbonyl (C=O) groups excluding carboxylic acids is 3. The summed E-state index contributed by atoms with van der Waals surface area (Å²) in [5.74, 6) is -3.11. The number of aliphatic hydroxyl groups excluding tert-OH is 13. The summed E-state index contributed by atoms with van der Waals surface area (Å²) in [5.41, 5.74) is -2.33. The fraction of sp³-hybridized carbons (Fsp3) is 0.794. The van der Waals surface area contributed by atoms with Gasteiger partial charge < -0.3 is 114 Å². The van der Waals surface area contributed by atoms with Crippen LogP contribution in [-0.2, 0) is 57.0 Å². The van der Waals surface area contributed by atoms with Crippen LogP contribution >= 0.6 is 0 Å². The highest BCUT2D eigenvalue weighted by atomic mass is 16.8. The summed E-state index contributed by atoms with van der Waals surface area (Å²) in [5, 5.41) is 140. The lowest BCUT2D eigenvalue weighted by Gasteiger charge is -2.71. The molecule has 0 bridgehead atoms. The summed E-state index contributed by atoms with van der Waals surface area (Å²) < 4.78 is 58.4. The number of rotatable bonds is 14. The van der Waals surface area contributed by atoms with E-state index in [1.165, 1.54) is 30.3 Å². The van der Waals surface area contributed by atoms with Crippen molar-refractivity contribution in [3.8, 4) is 5.75 Å². The van der Waals surface area contributed by atoms with Gasteiger partial charge in [0.05, 0.1) is 39.1 Å². The molecule has 13 N–H and O–H groups in total. The van der Waals surface area contributed by atoms with Crippen molar-refractivity contribution in [3.05, 3.63) is 47.6 Å². The van der Waals surface area contributed by atoms with Crippen LogP contribution < -0.4 is 4.74 Å². The van der Waals surface area contributed by atoms with E-state index >= 15 is 4.79 Å². The lowest BCUT2D eigenvalue weighted by atomic mass is 9.33. The number of esters is 3. The van der Waals surface area contributed by atoms with Gasteiger partial charge in [-0.3, -0.25) is 4.79 Å². The second-order valence-electron chi connectivity index (χ2n) is 28.5. The monoisotopic (exact) mass is 1260 g/mol. The maximum atomic E-state index is 15.7. The second-order valence-corrected chi connectivity index (χ2v) is 28.5. The molecule has 28 atom stereocenters. The van der Waals surface area contributed by atoms with E-state index in [-0.39, 0.29) is 41.3 Å². The zero-order valence-electron chi connectivity index (χ0n) is 51.5. The maximum absolute atomic E-state index is 15.7. The number of hydrogen-bond acceptors (Lipinski definition) is 26. The van der Waals surface area contributed by atoms with Gasteiger partial charge in [-0.2, -0.15) is 0 Å². The summed E-state index contributed by atoms with van der Waals surface area (Å²) in [6.07, 6.45) is -24.1. The molecule has 4 heterocycles. The Kier molecular flexibility index (Phi) is 19.5. The van der Waals surface area contributed by atoms with E-state index in [0.29, 0.717) is 37.7 Å². The molecule has 26 nitrogen and oxygen atoms in total. The van der Waals surface area contributed by atoms with E-state index in [0.717, 1.165) is 31.6 Å². The average molecular weight is 1270 g/mol. The molecule has 1 aromatic carbocycles. The van der Waals surface area contributed by atoms with Crippen LogP contribution in [0.3, 0.4) is 0 Å². The molecular weight excluding hydrogens is 1170 g/mol. The first-order valence-electron chi connectivity index (χ1n) is 31.1. The Labute approximate surface area is 516 Å². The highest BCUT2D eigenvalue weighted by Crippen LogP contribution is 2.76. The van der Waals surface area contributed by atoms with Crippen molar-refractivity contribution >= 4 is 24.0 Å². The van der Waals surface area contributed by atoms with Crippen molar-refractivity contribution < 1.29 is 128 Å². The maximum Gasteiger partial charge on any atom is 0.337 e. The fourth-order valence-electron chi connectivity index (χ4n) is 17.4. The molecule has 500 valence electrons. The van der Waals surface area contributed by atoms with E-state index < -0.39 is 194 Å². The van der Waals surface area contributed by atoms with Crippen LogP contribution in [0.25, 0.3) is 6.08 Å². The van der Waals surface area contributed by atoms with Crippen molar-refractivity contribution in [2.24, 2.45) is 50.2 Å². The number of ether oxygens (including phenoxy) is 10. The molecule has 0 radical (unpaired) electrons. The van der Waals surface area contributed by atoms with E-state index in [1.54, 1.807) is 0 Å². The average Bonchev–Trinajstić information content (AvgIpc) is 0.681. The van der Waals surface area contributed by atoms with Crippen LogP contribution in [0.15, 0.2) is 42.0 Å². The second kappa shape index (κ2) is 25.5. The Hall–Kier alpha value is -3.85. The number of carbonyl (C=O) groups is 3. The topological polar surface area (TPSA) is 407 Å². The summed E-state index contributed by atoms with van der Waals surface area (Å²) in [6.45, 7) is 13.3. The highest BCUT2D eigenvalue weighted by molar-refractivity contribution is 5.87. The van der Waals surface area contributed by atoms with Gasteiger partial charge in [0.2, 0.25) is 12.6 Å². The molecule has 1 aromatic rings. The summed E-state index contributed by atoms with van der Waals surface area (Å²) in [4.78, 5) is 42.3. The largest absolute Gasteiger partial charge is 0.467 e. The molecule has 0 spiro atoms. The van der Waals surface area contributed by atoms with E-state index in [4.69, 9.17) is 47.4 Å². The Morgan fingerprint density at radius 2 is 1.24 bits per heavy atom. The van der Waals surface area contributed by atoms with Gasteiger partial charge in [-0.1, -0.05) is 72.2 Å². The van der Waals surface area contributed by atoms with Crippen molar-refractivity contribution in [2.75, 3.05) is 26.9 Å². The van der Waals surface area contributed by atoms with Gasteiger partial charge >= 0.3 is 17.9 Å². The molecule has 89 heavy (non-hydrogen) atoms. The number of aliphatic hydroxyl groups is 13. The van der Waals surface area contributed by atoms with Crippen LogP contribution in [0.1, 0.15) is 112 Å². The first-order chi connectivity index (χ1) is 41.8. The van der Waals surface area contributed by atoms with E-state index in [9.17, 15) is 76.0 Å². The van der Waals surface area contributed by atoms with Gasteiger partial charge in [0.15, 0.2) is 24.8 Å². The molecule has 4 aliphatic heterocycles. The van der Waals surface area contributed by atoms with Gasteiger partial charge in [-0.05, 0) is 126 Å². The van der Waals surface area contributed by atoms with E-state index in [2.05, 4.69) is 54.5 Å². The molecule has 0 aromatic heterocycles. The molecule has 8 fully saturated rings. The Morgan fingerprint density at radius 3 is 1.87 bits per heavy atom. The van der Waals surface area contributed by atoms with Crippen LogP contribution in [0.4, 0.5) is 0 Å². The van der Waals surface area contributed by atoms with Crippen molar-refractivity contribution in [3.63, 3.8) is 0 Å². The predicted octanol–water partition coefficient (Wildman–Crippen LogP) is -0.626. The van der Waals surface area contributed by atoms with Crippen molar-refractivity contribution in [2.45, 2.75) is 235 Å². The van der Waals surface area contributed by atoms with E-state index in [1.807, 2.05) is 0 Å². The number of fused-ring (bicyclic) bond motifs is 7. The SMILES string of the molecule is COC(=O)C1OC(OC2CCC3(C)C(CCC4(C)C3CC=C3C5CC(C)(C)CCC5(C(=O)OC5OCC(O)C(OC6OC(CO)C(O)C(O)C6O)C5OC(=O)C=Cc5ccc(OC6OC(CO)C(O)C(O)C6O)cc5)C(O)CC34C)C2(C)C)C(O)C(O)C1O. The molecule has 26 heteroatoms. The fourth-order valence-corrected chi connectivity index (χ4v) is 17.4. The third-order valence-electron chi connectivity index (χ3n) is 22.7. The van der Waals surface area contributed by atoms with Gasteiger partial charge in [0.25, 0.3) is 0 Å². The van der Waals surface area contributed by atoms with Crippen LogP contribution in [0, 0.1) is 50.2 Å². The zero-order valence-corrected chi connectivity index (χ0v) is 51.5. The number of hydrogen-bond donors (Lipinski definition) is 13. The first kappa shape index (κ1) is 68.0. The smallest absolute Gasteiger partial charge is 0.337 e. The number of allylic oxidation sites excluding steroid dienone is 2. The third-order valence-corrected chi connectivity index (χ3v) is 22.7. The van der Waals surface area contributed by atoms with Gasteiger partial charge in [0, 0.05) is 6.08 Å². The minimum Gasteiger partial charge on any atom is -0.467 e. The number of methoxy groups -OCH3 is 1. The van der Waals surface area contributed by atoms with Crippen molar-refractivity contribution in [1.29, 1.82) is 0 Å². The predicted molar refractivity (Wildman–Crippen MR) is 304 cm³/mol. The summed E-state index contributed by atoms with van der Waals surface area (Å²) >= 11 is 0. The Balaban J connectivity index is 0.907. The zero-order chi connectivity index (χ0) is 64.8. The van der Waals surface area contributed by atoms with Gasteiger partial charge in [0.1, 0.15) is 90.5 Å². The molecule has 28 unspecified atom stereocenters. The van der Waals surface area contributed by atoms with Crippen LogP contribution in [-0.4, -0.2) is 240 Å².